The molecule has 0 bridgehead atoms. The highest BCUT2D eigenvalue weighted by Gasteiger charge is 2.43. The maximum absolute atomic E-state index is 12.7. The first-order chi connectivity index (χ1) is 8.88. The van der Waals surface area contributed by atoms with E-state index in [0.29, 0.717) is 5.92 Å². The number of hydrogen-bond donors (Lipinski definition) is 1. The summed E-state index contributed by atoms with van der Waals surface area (Å²) in [5, 5.41) is 0. The summed E-state index contributed by atoms with van der Waals surface area (Å²) in [7, 11) is 0. The molecule has 0 saturated heterocycles. The Hall–Kier alpha value is -1.30. The third-order valence-electron chi connectivity index (χ3n) is 3.10. The third kappa shape index (κ3) is 3.83. The number of benzene rings is 1. The minimum absolute atomic E-state index is 0.155. The first-order valence-corrected chi connectivity index (χ1v) is 6.09. The van der Waals surface area contributed by atoms with Crippen molar-refractivity contribution in [2.75, 3.05) is 0 Å². The molecule has 0 amide bonds. The van der Waals surface area contributed by atoms with Crippen LogP contribution < -0.4 is 10.5 Å². The molecule has 106 valence electrons. The van der Waals surface area contributed by atoms with Crippen molar-refractivity contribution in [3.63, 3.8) is 0 Å². The number of nitrogens with two attached hydrogens (primary N) is 1. The molecule has 2 nitrogen and oxygen atoms in total. The van der Waals surface area contributed by atoms with Gasteiger partial charge in [-0.2, -0.15) is 17.6 Å². The Kier molecular flexibility index (Phi) is 3.99. The van der Waals surface area contributed by atoms with Gasteiger partial charge in [-0.25, -0.2) is 0 Å². The van der Waals surface area contributed by atoms with E-state index in [1.165, 1.54) is 37.1 Å². The fourth-order valence-corrected chi connectivity index (χ4v) is 1.83. The van der Waals surface area contributed by atoms with Crippen LogP contribution >= 0.6 is 0 Å². The summed E-state index contributed by atoms with van der Waals surface area (Å²) in [6.45, 7) is 0. The van der Waals surface area contributed by atoms with Crippen molar-refractivity contribution >= 4 is 0 Å². The number of halogens is 4. The molecule has 1 saturated carbocycles. The van der Waals surface area contributed by atoms with Gasteiger partial charge in [0.25, 0.3) is 0 Å². The van der Waals surface area contributed by atoms with Crippen LogP contribution in [0.15, 0.2) is 24.3 Å². The van der Waals surface area contributed by atoms with E-state index in [1.54, 1.807) is 0 Å². The normalized spacial score (nSPS) is 17.6. The minimum Gasteiger partial charge on any atom is -0.428 e. The second-order valence-electron chi connectivity index (χ2n) is 4.82. The maximum Gasteiger partial charge on any atom is 0.461 e. The summed E-state index contributed by atoms with van der Waals surface area (Å²) >= 11 is 0. The van der Waals surface area contributed by atoms with Gasteiger partial charge in [-0.15, -0.1) is 0 Å². The summed E-state index contributed by atoms with van der Waals surface area (Å²) in [5.41, 5.74) is 6.74. The SMILES string of the molecule is N[C@@H](CC1CC1)c1ccc(OC(F)(F)C(F)F)cc1. The van der Waals surface area contributed by atoms with Crippen molar-refractivity contribution in [1.29, 1.82) is 0 Å². The van der Waals surface area contributed by atoms with Gasteiger partial charge in [0.05, 0.1) is 0 Å². The van der Waals surface area contributed by atoms with E-state index in [2.05, 4.69) is 4.74 Å². The average molecular weight is 277 g/mol. The van der Waals surface area contributed by atoms with Crippen LogP contribution in [-0.4, -0.2) is 12.5 Å². The zero-order valence-electron chi connectivity index (χ0n) is 10.2. The summed E-state index contributed by atoms with van der Waals surface area (Å²) in [6.07, 6.45) is -5.12. The van der Waals surface area contributed by atoms with Gasteiger partial charge in [0.15, 0.2) is 0 Å². The molecule has 1 aliphatic rings. The van der Waals surface area contributed by atoms with Crippen molar-refractivity contribution in [3.05, 3.63) is 29.8 Å². The van der Waals surface area contributed by atoms with Crippen LogP contribution in [0.4, 0.5) is 17.6 Å². The smallest absolute Gasteiger partial charge is 0.428 e. The quantitative estimate of drug-likeness (QED) is 0.804. The Bertz CT molecular complexity index is 417. The monoisotopic (exact) mass is 277 g/mol. The Morgan fingerprint density at radius 2 is 1.79 bits per heavy atom. The van der Waals surface area contributed by atoms with E-state index < -0.39 is 12.5 Å². The first-order valence-electron chi connectivity index (χ1n) is 6.09. The second kappa shape index (κ2) is 5.36. The summed E-state index contributed by atoms with van der Waals surface area (Å²) < 4.78 is 53.2. The molecule has 19 heavy (non-hydrogen) atoms. The molecular formula is C13H15F4NO. The molecule has 6 heteroatoms. The number of ether oxygens (including phenoxy) is 1. The van der Waals surface area contributed by atoms with E-state index in [-0.39, 0.29) is 11.8 Å². The van der Waals surface area contributed by atoms with Gasteiger partial charge in [-0.1, -0.05) is 25.0 Å². The van der Waals surface area contributed by atoms with Gasteiger partial charge in [0.1, 0.15) is 5.75 Å². The molecule has 1 aromatic rings. The highest BCUT2D eigenvalue weighted by Crippen LogP contribution is 2.37. The molecule has 0 radical (unpaired) electrons. The maximum atomic E-state index is 12.7. The van der Waals surface area contributed by atoms with Gasteiger partial charge >= 0.3 is 12.5 Å². The zero-order chi connectivity index (χ0) is 14.0. The van der Waals surface area contributed by atoms with Gasteiger partial charge in [0, 0.05) is 6.04 Å². The Labute approximate surface area is 108 Å². The van der Waals surface area contributed by atoms with Crippen LogP contribution in [0.3, 0.4) is 0 Å². The number of rotatable bonds is 6. The van der Waals surface area contributed by atoms with Gasteiger partial charge in [0.2, 0.25) is 0 Å². The van der Waals surface area contributed by atoms with Gasteiger partial charge < -0.3 is 10.5 Å². The van der Waals surface area contributed by atoms with Crippen molar-refractivity contribution in [1.82, 2.24) is 0 Å². The molecule has 1 fully saturated rings. The summed E-state index contributed by atoms with van der Waals surface area (Å²) in [6, 6.07) is 5.38. The predicted octanol–water partition coefficient (Wildman–Crippen LogP) is 3.72. The molecule has 0 spiro atoms. The lowest BCUT2D eigenvalue weighted by Gasteiger charge is -2.17. The van der Waals surface area contributed by atoms with E-state index in [9.17, 15) is 17.6 Å². The Balaban J connectivity index is 1.97. The molecular weight excluding hydrogens is 262 g/mol. The van der Waals surface area contributed by atoms with Crippen LogP contribution in [0, 0.1) is 5.92 Å². The minimum atomic E-state index is -4.47. The van der Waals surface area contributed by atoms with E-state index >= 15 is 0 Å². The lowest BCUT2D eigenvalue weighted by molar-refractivity contribution is -0.253. The number of alkyl halides is 4. The fraction of sp³-hybridized carbons (Fsp3) is 0.538. The molecule has 1 aromatic carbocycles. The van der Waals surface area contributed by atoms with E-state index in [4.69, 9.17) is 5.73 Å². The van der Waals surface area contributed by atoms with E-state index in [1.807, 2.05) is 0 Å². The fourth-order valence-electron chi connectivity index (χ4n) is 1.83. The molecule has 0 aromatic heterocycles. The topological polar surface area (TPSA) is 35.2 Å². The standard InChI is InChI=1S/C13H15F4NO/c14-12(15)13(16,17)19-10-5-3-9(4-6-10)11(18)7-8-1-2-8/h3-6,8,11-12H,1-2,7,18H2/t11-/m0/s1. The Morgan fingerprint density at radius 3 is 2.26 bits per heavy atom. The van der Waals surface area contributed by atoms with Gasteiger partial charge in [-0.05, 0) is 30.0 Å². The molecule has 1 atom stereocenters. The molecule has 0 unspecified atom stereocenters. The molecule has 2 rings (SSSR count). The number of hydrogen-bond acceptors (Lipinski definition) is 2. The largest absolute Gasteiger partial charge is 0.461 e. The predicted molar refractivity (Wildman–Crippen MR) is 62.3 cm³/mol. The summed E-state index contributed by atoms with van der Waals surface area (Å²) in [4.78, 5) is 0. The second-order valence-corrected chi connectivity index (χ2v) is 4.82. The van der Waals surface area contributed by atoms with Crippen LogP contribution in [-0.2, 0) is 0 Å². The highest BCUT2D eigenvalue weighted by molar-refractivity contribution is 5.29. The Morgan fingerprint density at radius 1 is 1.21 bits per heavy atom. The first kappa shape index (κ1) is 14.1. The molecule has 1 aliphatic carbocycles. The van der Waals surface area contributed by atoms with Crippen LogP contribution in [0.25, 0.3) is 0 Å². The van der Waals surface area contributed by atoms with Crippen molar-refractivity contribution < 1.29 is 22.3 Å². The van der Waals surface area contributed by atoms with Crippen molar-refractivity contribution in [2.45, 2.75) is 37.8 Å². The highest BCUT2D eigenvalue weighted by atomic mass is 19.3. The average Bonchev–Trinajstić information content (AvgIpc) is 3.13. The molecule has 0 heterocycles. The molecule has 0 aliphatic heterocycles. The van der Waals surface area contributed by atoms with Gasteiger partial charge in [-0.3, -0.25) is 0 Å². The lowest BCUT2D eigenvalue weighted by atomic mass is 10.0. The van der Waals surface area contributed by atoms with Crippen molar-refractivity contribution in [2.24, 2.45) is 11.7 Å². The van der Waals surface area contributed by atoms with E-state index in [0.717, 1.165) is 12.0 Å². The lowest BCUT2D eigenvalue weighted by Crippen LogP contribution is -2.33. The summed E-state index contributed by atoms with van der Waals surface area (Å²) in [5.74, 6) is 0.349. The third-order valence-corrected chi connectivity index (χ3v) is 3.10. The molecule has 2 N–H and O–H groups in total. The van der Waals surface area contributed by atoms with Crippen LogP contribution in [0.5, 0.6) is 5.75 Å². The van der Waals surface area contributed by atoms with Crippen molar-refractivity contribution in [3.8, 4) is 5.75 Å². The zero-order valence-corrected chi connectivity index (χ0v) is 10.2. The van der Waals surface area contributed by atoms with Crippen LogP contribution in [0.2, 0.25) is 0 Å². The van der Waals surface area contributed by atoms with Crippen LogP contribution in [0.1, 0.15) is 30.9 Å².